The summed E-state index contributed by atoms with van der Waals surface area (Å²) < 4.78 is 14.9. The minimum absolute atomic E-state index is 0.212. The first-order valence-corrected chi connectivity index (χ1v) is 14.4. The second-order valence-electron chi connectivity index (χ2n) is 10.9. The molecule has 0 aliphatic carbocycles. The van der Waals surface area contributed by atoms with Gasteiger partial charge in [0.15, 0.2) is 11.6 Å². The van der Waals surface area contributed by atoms with E-state index in [4.69, 9.17) is 11.6 Å². The first kappa shape index (κ1) is 29.7. The third kappa shape index (κ3) is 7.91. The van der Waals surface area contributed by atoms with E-state index in [1.165, 1.54) is 38.5 Å². The Labute approximate surface area is 240 Å². The minimum Gasteiger partial charge on any atom is -0.345 e. The number of likely N-dealkylation sites (tertiary alicyclic amines) is 2. The number of aromatic nitrogens is 4. The van der Waals surface area contributed by atoms with Gasteiger partial charge in [-0.15, -0.1) is 0 Å². The maximum absolute atomic E-state index is 14.9. The van der Waals surface area contributed by atoms with Gasteiger partial charge in [0.05, 0.1) is 11.9 Å². The highest BCUT2D eigenvalue weighted by atomic mass is 35.5. The van der Waals surface area contributed by atoms with Crippen LogP contribution in [0.4, 0.5) is 27.7 Å². The summed E-state index contributed by atoms with van der Waals surface area (Å²) in [6.45, 7) is 12.5. The lowest BCUT2D eigenvalue weighted by atomic mass is 9.86. The van der Waals surface area contributed by atoms with Crippen LogP contribution in [0, 0.1) is 19.7 Å². The summed E-state index contributed by atoms with van der Waals surface area (Å²) in [6.07, 6.45) is 8.25. The quantitative estimate of drug-likeness (QED) is 0.286. The van der Waals surface area contributed by atoms with Crippen LogP contribution in [0.25, 0.3) is 0 Å². The maximum atomic E-state index is 14.9. The summed E-state index contributed by atoms with van der Waals surface area (Å²) in [5.74, 6) is 0.996. The fourth-order valence-electron chi connectivity index (χ4n) is 5.22. The van der Waals surface area contributed by atoms with Crippen LogP contribution in [0.3, 0.4) is 0 Å². The average Bonchev–Trinajstić information content (AvgIpc) is 3.37. The van der Waals surface area contributed by atoms with Crippen molar-refractivity contribution in [2.45, 2.75) is 71.8 Å². The Morgan fingerprint density at radius 3 is 2.40 bits per heavy atom. The molecule has 0 saturated carbocycles. The Hall–Kier alpha value is -3.24. The van der Waals surface area contributed by atoms with Crippen molar-refractivity contribution < 1.29 is 9.18 Å². The molecule has 9 nitrogen and oxygen atoms in total. The third-order valence-electron chi connectivity index (χ3n) is 7.54. The molecule has 3 N–H and O–H groups in total. The number of amides is 1. The van der Waals surface area contributed by atoms with Crippen molar-refractivity contribution in [1.82, 2.24) is 30.0 Å². The molecule has 0 unspecified atom stereocenters. The molecular formula is C29H40ClFN8O. The van der Waals surface area contributed by atoms with E-state index in [0.29, 0.717) is 29.7 Å². The van der Waals surface area contributed by atoms with Crippen LogP contribution in [-0.2, 0) is 4.79 Å². The number of halogens is 2. The predicted octanol–water partition coefficient (Wildman–Crippen LogP) is 6.31. The summed E-state index contributed by atoms with van der Waals surface area (Å²) in [6, 6.07) is 5.91. The number of carbonyl (C=O) groups is 1. The highest BCUT2D eigenvalue weighted by Gasteiger charge is 2.22. The van der Waals surface area contributed by atoms with Crippen LogP contribution in [0.1, 0.15) is 68.7 Å². The van der Waals surface area contributed by atoms with Gasteiger partial charge in [-0.3, -0.25) is 9.89 Å². The molecule has 40 heavy (non-hydrogen) atoms. The monoisotopic (exact) mass is 570 g/mol. The number of nitrogens with zero attached hydrogens (tertiary/aromatic N) is 5. The number of anilines is 4. The first-order valence-electron chi connectivity index (χ1n) is 14.1. The fraction of sp³-hybridized carbons (Fsp3) is 0.517. The minimum atomic E-state index is -0.380. The molecule has 11 heteroatoms. The van der Waals surface area contributed by atoms with Crippen molar-refractivity contribution in [3.8, 4) is 0 Å². The molecule has 0 atom stereocenters. The SMILES string of the molecule is CC(C)N1CCCCC1.Cc1cc(Nc2nc(Nc3cc(C)c(C4CCN(C=O)CC4)cc3F)ncc2Cl)n[nH]1. The molecule has 2 aliphatic heterocycles. The lowest BCUT2D eigenvalue weighted by molar-refractivity contribution is -0.119. The van der Waals surface area contributed by atoms with Gasteiger partial charge in [0, 0.05) is 30.9 Å². The van der Waals surface area contributed by atoms with E-state index in [9.17, 15) is 9.18 Å². The van der Waals surface area contributed by atoms with E-state index in [-0.39, 0.29) is 23.4 Å². The van der Waals surface area contributed by atoms with E-state index in [1.807, 2.05) is 19.9 Å². The van der Waals surface area contributed by atoms with Gasteiger partial charge in [-0.1, -0.05) is 18.0 Å². The standard InChI is InChI=1S/C21H23ClFN7O.C8H17N/c1-12-7-18(17(23)9-15(12)14-3-5-30(11-31)6-4-14)25-21-24-10-16(22)20(27-21)26-19-8-13(2)28-29-19;1-8(2)9-6-4-3-5-7-9/h7-11,14H,3-6H2,1-2H3,(H3,24,25,26,27,28,29);8H,3-7H2,1-2H3. The number of H-pyrrole nitrogens is 1. The number of benzene rings is 1. The number of aryl methyl sites for hydroxylation is 2. The van der Waals surface area contributed by atoms with Crippen LogP contribution in [-0.4, -0.2) is 68.6 Å². The topological polar surface area (TPSA) is 102 Å². The van der Waals surface area contributed by atoms with Crippen molar-refractivity contribution in [2.24, 2.45) is 0 Å². The second kappa shape index (κ2) is 13.9. The van der Waals surface area contributed by atoms with Gasteiger partial charge < -0.3 is 20.4 Å². The number of hydrogen-bond donors (Lipinski definition) is 3. The molecule has 2 aromatic heterocycles. The second-order valence-corrected chi connectivity index (χ2v) is 11.3. The van der Waals surface area contributed by atoms with Gasteiger partial charge >= 0.3 is 0 Å². The summed E-state index contributed by atoms with van der Waals surface area (Å²) >= 11 is 6.19. The van der Waals surface area contributed by atoms with E-state index in [1.54, 1.807) is 17.0 Å². The number of nitrogens with one attached hydrogen (secondary N) is 3. The van der Waals surface area contributed by atoms with E-state index >= 15 is 0 Å². The average molecular weight is 571 g/mol. The molecule has 2 aliphatic rings. The number of piperidine rings is 2. The molecule has 0 spiro atoms. The van der Waals surface area contributed by atoms with Crippen LogP contribution < -0.4 is 10.6 Å². The summed E-state index contributed by atoms with van der Waals surface area (Å²) in [4.78, 5) is 23.7. The van der Waals surface area contributed by atoms with Gasteiger partial charge in [0.1, 0.15) is 10.8 Å². The maximum Gasteiger partial charge on any atom is 0.229 e. The molecule has 0 radical (unpaired) electrons. The zero-order valence-electron chi connectivity index (χ0n) is 23.8. The Morgan fingerprint density at radius 1 is 1.07 bits per heavy atom. The van der Waals surface area contributed by atoms with Crippen LogP contribution in [0.5, 0.6) is 0 Å². The van der Waals surface area contributed by atoms with Crippen molar-refractivity contribution in [2.75, 3.05) is 36.8 Å². The number of carbonyl (C=O) groups excluding carboxylic acids is 1. The number of aromatic amines is 1. The molecule has 216 valence electrons. The Kier molecular flexibility index (Phi) is 10.3. The van der Waals surface area contributed by atoms with Crippen molar-refractivity contribution in [1.29, 1.82) is 0 Å². The highest BCUT2D eigenvalue weighted by Crippen LogP contribution is 2.33. The smallest absolute Gasteiger partial charge is 0.229 e. The zero-order chi connectivity index (χ0) is 28.6. The largest absolute Gasteiger partial charge is 0.345 e. The normalized spacial score (nSPS) is 16.4. The highest BCUT2D eigenvalue weighted by molar-refractivity contribution is 6.32. The Balaban J connectivity index is 0.000000350. The molecule has 2 saturated heterocycles. The molecule has 1 amide bonds. The number of rotatable bonds is 7. The summed E-state index contributed by atoms with van der Waals surface area (Å²) in [5.41, 5.74) is 3.13. The van der Waals surface area contributed by atoms with E-state index in [2.05, 4.69) is 49.5 Å². The molecule has 5 rings (SSSR count). The van der Waals surface area contributed by atoms with Crippen molar-refractivity contribution in [3.63, 3.8) is 0 Å². The van der Waals surface area contributed by atoms with Gasteiger partial charge in [-0.2, -0.15) is 10.1 Å². The van der Waals surface area contributed by atoms with Crippen molar-refractivity contribution in [3.05, 3.63) is 52.1 Å². The third-order valence-corrected chi connectivity index (χ3v) is 7.81. The van der Waals surface area contributed by atoms with Gasteiger partial charge in [-0.25, -0.2) is 9.37 Å². The van der Waals surface area contributed by atoms with E-state index < -0.39 is 0 Å². The lowest BCUT2D eigenvalue weighted by Crippen LogP contribution is -2.35. The Morgan fingerprint density at radius 2 is 1.80 bits per heavy atom. The molecule has 4 heterocycles. The molecular weight excluding hydrogens is 531 g/mol. The molecule has 1 aromatic carbocycles. The van der Waals surface area contributed by atoms with E-state index in [0.717, 1.165) is 42.1 Å². The number of hydrogen-bond acceptors (Lipinski definition) is 7. The van der Waals surface area contributed by atoms with Crippen LogP contribution in [0.2, 0.25) is 5.02 Å². The first-order chi connectivity index (χ1) is 19.2. The van der Waals surface area contributed by atoms with Gasteiger partial charge in [0.25, 0.3) is 0 Å². The predicted molar refractivity (Wildman–Crippen MR) is 158 cm³/mol. The summed E-state index contributed by atoms with van der Waals surface area (Å²) in [7, 11) is 0. The summed E-state index contributed by atoms with van der Waals surface area (Å²) in [5, 5.41) is 13.2. The molecule has 0 bridgehead atoms. The van der Waals surface area contributed by atoms with Crippen LogP contribution in [0.15, 0.2) is 24.4 Å². The van der Waals surface area contributed by atoms with Gasteiger partial charge in [0.2, 0.25) is 12.4 Å². The van der Waals surface area contributed by atoms with Gasteiger partial charge in [-0.05, 0) is 95.6 Å². The Bertz CT molecular complexity index is 1270. The van der Waals surface area contributed by atoms with Crippen LogP contribution >= 0.6 is 11.6 Å². The fourth-order valence-corrected chi connectivity index (χ4v) is 5.36. The molecule has 3 aromatic rings. The molecule has 2 fully saturated rings. The lowest BCUT2D eigenvalue weighted by Gasteiger charge is -2.30. The zero-order valence-corrected chi connectivity index (χ0v) is 24.6. The van der Waals surface area contributed by atoms with Crippen molar-refractivity contribution >= 4 is 41.3 Å².